The number of rotatable bonds is 6. The zero-order valence-corrected chi connectivity index (χ0v) is 19.6. The molecule has 0 radical (unpaired) electrons. The van der Waals surface area contributed by atoms with Crippen LogP contribution < -0.4 is 15.4 Å². The first-order valence-corrected chi connectivity index (χ1v) is 11.4. The van der Waals surface area contributed by atoms with Crippen LogP contribution in [0.4, 0.5) is 5.69 Å². The van der Waals surface area contributed by atoms with Gasteiger partial charge in [0.2, 0.25) is 0 Å². The minimum Gasteiger partial charge on any atom is -0.492 e. The smallest absolute Gasteiger partial charge is 0.260 e. The van der Waals surface area contributed by atoms with E-state index in [9.17, 15) is 4.79 Å². The molecule has 2 aromatic rings. The minimum absolute atomic E-state index is 0.0670. The average Bonchev–Trinajstić information content (AvgIpc) is 2.98. The second kappa shape index (κ2) is 9.34. The number of carbonyl (C=O) groups excluding carboxylic acids is 1. The van der Waals surface area contributed by atoms with Crippen molar-refractivity contribution in [3.63, 3.8) is 0 Å². The highest BCUT2D eigenvalue weighted by Crippen LogP contribution is 2.35. The van der Waals surface area contributed by atoms with Gasteiger partial charge in [-0.3, -0.25) is 4.79 Å². The van der Waals surface area contributed by atoms with E-state index < -0.39 is 0 Å². The molecule has 1 amide bonds. The fourth-order valence-electron chi connectivity index (χ4n) is 2.65. The van der Waals surface area contributed by atoms with Crippen LogP contribution in [0.15, 0.2) is 45.8 Å². The number of nitrogens with one attached hydrogen (secondary N) is 2. The maximum Gasteiger partial charge on any atom is 0.260 e. The molecular weight excluding hydrogens is 539 g/mol. The average molecular weight is 559 g/mol. The summed E-state index contributed by atoms with van der Waals surface area (Å²) in [4.78, 5) is 13.0. The third kappa shape index (κ3) is 5.20. The number of carbonyl (C=O) groups is 1. The van der Waals surface area contributed by atoms with Crippen molar-refractivity contribution >= 4 is 68.0 Å². The molecule has 1 saturated heterocycles. The van der Waals surface area contributed by atoms with E-state index in [1.165, 1.54) is 17.3 Å². The van der Waals surface area contributed by atoms with Crippen molar-refractivity contribution in [2.24, 2.45) is 0 Å². The van der Waals surface area contributed by atoms with Crippen molar-refractivity contribution in [3.05, 3.63) is 60.5 Å². The third-order valence-corrected chi connectivity index (χ3v) is 6.42. The van der Waals surface area contributed by atoms with E-state index >= 15 is 0 Å². The summed E-state index contributed by atoms with van der Waals surface area (Å²) in [6, 6.07) is 12.3. The number of thioether (sulfide) groups is 1. The van der Waals surface area contributed by atoms with Crippen molar-refractivity contribution < 1.29 is 9.53 Å². The summed E-state index contributed by atoms with van der Waals surface area (Å²) in [6.45, 7) is 4.70. The summed E-state index contributed by atoms with van der Waals surface area (Å²) in [7, 11) is 0. The Morgan fingerprint density at radius 2 is 2.04 bits per heavy atom. The number of anilines is 1. The molecule has 2 aromatic carbocycles. The second-order valence-electron chi connectivity index (χ2n) is 5.92. The highest BCUT2D eigenvalue weighted by Gasteiger charge is 2.27. The van der Waals surface area contributed by atoms with Crippen LogP contribution in [0.1, 0.15) is 25.0 Å². The third-order valence-electron chi connectivity index (χ3n) is 4.00. The van der Waals surface area contributed by atoms with Gasteiger partial charge in [-0.05, 0) is 93.3 Å². The van der Waals surface area contributed by atoms with Gasteiger partial charge in [-0.25, -0.2) is 0 Å². The Labute approximate surface area is 185 Å². The standard InChI is InChI=1S/C20H20BrIN2O2S/c1-3-12-5-7-14(8-6-12)23-20-24-19(25)17(27-20)11-13-9-15(21)18(26-4-2)16(22)10-13/h5-11,20,23H,3-4H2,1-2H3,(H,24,25)/b17-11-/t20-/m1/s1. The number of amides is 1. The van der Waals surface area contributed by atoms with E-state index in [2.05, 4.69) is 68.2 Å². The van der Waals surface area contributed by atoms with E-state index in [1.807, 2.05) is 37.3 Å². The molecule has 0 aliphatic carbocycles. The topological polar surface area (TPSA) is 50.4 Å². The van der Waals surface area contributed by atoms with Gasteiger partial charge in [0.15, 0.2) is 5.50 Å². The Balaban J connectivity index is 1.73. The fraction of sp³-hybridized carbons (Fsp3) is 0.250. The molecule has 4 nitrogen and oxygen atoms in total. The van der Waals surface area contributed by atoms with E-state index in [0.717, 1.165) is 31.5 Å². The van der Waals surface area contributed by atoms with Gasteiger partial charge in [0, 0.05) is 5.69 Å². The van der Waals surface area contributed by atoms with Crippen LogP contribution in [0.3, 0.4) is 0 Å². The molecule has 1 fully saturated rings. The monoisotopic (exact) mass is 558 g/mol. The lowest BCUT2D eigenvalue weighted by atomic mass is 10.1. The zero-order chi connectivity index (χ0) is 19.4. The first-order valence-electron chi connectivity index (χ1n) is 8.66. The van der Waals surface area contributed by atoms with Crippen LogP contribution in [0.2, 0.25) is 0 Å². The maximum atomic E-state index is 12.3. The van der Waals surface area contributed by atoms with E-state index in [4.69, 9.17) is 4.74 Å². The molecule has 3 rings (SSSR count). The van der Waals surface area contributed by atoms with Crippen LogP contribution in [-0.4, -0.2) is 18.0 Å². The van der Waals surface area contributed by atoms with Gasteiger partial charge in [-0.1, -0.05) is 30.8 Å². The maximum absolute atomic E-state index is 12.3. The lowest BCUT2D eigenvalue weighted by Crippen LogP contribution is -2.30. The number of ether oxygens (including phenoxy) is 1. The van der Waals surface area contributed by atoms with Crippen molar-refractivity contribution in [2.75, 3.05) is 11.9 Å². The predicted octanol–water partition coefficient (Wildman–Crippen LogP) is 5.61. The van der Waals surface area contributed by atoms with E-state index in [1.54, 1.807) is 0 Å². The van der Waals surface area contributed by atoms with Crippen LogP contribution in [0.25, 0.3) is 6.08 Å². The number of aryl methyl sites for hydroxylation is 1. The van der Waals surface area contributed by atoms with Gasteiger partial charge >= 0.3 is 0 Å². The molecule has 0 bridgehead atoms. The van der Waals surface area contributed by atoms with Crippen molar-refractivity contribution in [1.29, 1.82) is 0 Å². The molecular formula is C20H20BrIN2O2S. The van der Waals surface area contributed by atoms with Gasteiger partial charge < -0.3 is 15.4 Å². The Kier molecular flexibility index (Phi) is 7.10. The van der Waals surface area contributed by atoms with Gasteiger partial charge in [-0.15, -0.1) is 0 Å². The lowest BCUT2D eigenvalue weighted by molar-refractivity contribution is -0.116. The molecule has 1 aliphatic rings. The minimum atomic E-state index is -0.179. The molecule has 1 heterocycles. The molecule has 2 N–H and O–H groups in total. The summed E-state index contributed by atoms with van der Waals surface area (Å²) in [5.41, 5.74) is 3.06. The van der Waals surface area contributed by atoms with Gasteiger partial charge in [0.25, 0.3) is 5.91 Å². The Hall–Kier alpha value is -1.19. The zero-order valence-electron chi connectivity index (χ0n) is 15.0. The van der Waals surface area contributed by atoms with E-state index in [-0.39, 0.29) is 11.4 Å². The second-order valence-corrected chi connectivity index (χ2v) is 9.08. The Morgan fingerprint density at radius 1 is 1.30 bits per heavy atom. The Bertz CT molecular complexity index is 848. The fourth-order valence-corrected chi connectivity index (χ4v) is 5.40. The van der Waals surface area contributed by atoms with Gasteiger partial charge in [-0.2, -0.15) is 0 Å². The first kappa shape index (κ1) is 20.5. The molecule has 0 unspecified atom stereocenters. The quantitative estimate of drug-likeness (QED) is 0.357. The summed E-state index contributed by atoms with van der Waals surface area (Å²) in [5.74, 6) is 0.765. The SMILES string of the molecule is CCOc1c(Br)cc(/C=C2\S[C@H](Nc3ccc(CC)cc3)NC2=O)cc1I. The lowest BCUT2D eigenvalue weighted by Gasteiger charge is -2.13. The normalized spacial score (nSPS) is 17.9. The largest absolute Gasteiger partial charge is 0.492 e. The Morgan fingerprint density at radius 3 is 2.67 bits per heavy atom. The van der Waals surface area contributed by atoms with Crippen LogP contribution >= 0.6 is 50.3 Å². The highest BCUT2D eigenvalue weighted by atomic mass is 127. The van der Waals surface area contributed by atoms with Crippen molar-refractivity contribution in [1.82, 2.24) is 5.32 Å². The van der Waals surface area contributed by atoms with E-state index in [0.29, 0.717) is 11.5 Å². The molecule has 142 valence electrons. The summed E-state index contributed by atoms with van der Waals surface area (Å²) < 4.78 is 7.53. The number of hydrogen-bond donors (Lipinski definition) is 2. The molecule has 7 heteroatoms. The molecule has 0 saturated carbocycles. The van der Waals surface area contributed by atoms with Crippen molar-refractivity contribution in [2.45, 2.75) is 25.8 Å². The predicted molar refractivity (Wildman–Crippen MR) is 125 cm³/mol. The summed E-state index contributed by atoms with van der Waals surface area (Å²) in [5, 5.41) is 6.31. The molecule has 1 aliphatic heterocycles. The summed E-state index contributed by atoms with van der Waals surface area (Å²) >= 11 is 7.29. The van der Waals surface area contributed by atoms with Crippen molar-refractivity contribution in [3.8, 4) is 5.75 Å². The highest BCUT2D eigenvalue weighted by molar-refractivity contribution is 14.1. The first-order chi connectivity index (χ1) is 13.0. The number of benzene rings is 2. The molecule has 0 aromatic heterocycles. The number of halogens is 2. The summed E-state index contributed by atoms with van der Waals surface area (Å²) in [6.07, 6.45) is 2.92. The van der Waals surface area contributed by atoms with Crippen LogP contribution in [0.5, 0.6) is 5.75 Å². The van der Waals surface area contributed by atoms with Crippen LogP contribution in [0, 0.1) is 3.57 Å². The number of hydrogen-bond acceptors (Lipinski definition) is 4. The van der Waals surface area contributed by atoms with Gasteiger partial charge in [0.05, 0.1) is 19.6 Å². The van der Waals surface area contributed by atoms with Crippen LogP contribution in [-0.2, 0) is 11.2 Å². The molecule has 1 atom stereocenters. The van der Waals surface area contributed by atoms with Gasteiger partial charge in [0.1, 0.15) is 5.75 Å². The molecule has 0 spiro atoms. The molecule has 27 heavy (non-hydrogen) atoms.